The van der Waals surface area contributed by atoms with Gasteiger partial charge in [0.25, 0.3) is 0 Å². The van der Waals surface area contributed by atoms with Crippen molar-refractivity contribution in [1.29, 1.82) is 5.41 Å². The van der Waals surface area contributed by atoms with Gasteiger partial charge >= 0.3 is 47.8 Å². The predicted octanol–water partition coefficient (Wildman–Crippen LogP) is -0.419. The van der Waals surface area contributed by atoms with Gasteiger partial charge in [-0.1, -0.05) is 83.0 Å². The summed E-state index contributed by atoms with van der Waals surface area (Å²) in [5, 5.41) is 85.4. The summed E-state index contributed by atoms with van der Waals surface area (Å²) in [7, 11) is 0. The number of hydrogen-bond acceptors (Lipinski definition) is 21. The number of rotatable bonds is 29. The van der Waals surface area contributed by atoms with Crippen molar-refractivity contribution in [2.45, 2.75) is 147 Å². The second-order valence-corrected chi connectivity index (χ2v) is 19.9. The fraction of sp³-hybridized carbons (Fsp3) is 0.547. The summed E-state index contributed by atoms with van der Waals surface area (Å²) in [5.74, 6) is -6.37. The van der Waals surface area contributed by atoms with Crippen LogP contribution in [-0.4, -0.2) is 183 Å². The topological polar surface area (TPSA) is 643 Å². The van der Waals surface area contributed by atoms with Gasteiger partial charge in [-0.2, -0.15) is 11.8 Å². The fourth-order valence-corrected chi connectivity index (χ4v) is 5.91. The number of carboxylic acid groups (broad SMARTS) is 8. The molecule has 85 heavy (non-hydrogen) atoms. The highest BCUT2D eigenvalue weighted by Crippen LogP contribution is 2.11. The molecule has 0 spiro atoms. The summed E-state index contributed by atoms with van der Waals surface area (Å²) in [4.78, 5) is 88.3. The van der Waals surface area contributed by atoms with Gasteiger partial charge in [0.2, 0.25) is 0 Å². The van der Waals surface area contributed by atoms with Gasteiger partial charge < -0.3 is 114 Å². The minimum absolute atomic E-state index is 0.0718. The van der Waals surface area contributed by atoms with Crippen LogP contribution in [0.5, 0.6) is 5.75 Å². The summed E-state index contributed by atoms with van der Waals surface area (Å²) in [6.07, 6.45) is 11.0. The molecule has 0 amide bonds. The normalized spacial score (nSPS) is 13.2. The molecule has 0 bridgehead atoms. The summed E-state index contributed by atoms with van der Waals surface area (Å²) in [6.45, 7) is 8.74. The highest BCUT2D eigenvalue weighted by molar-refractivity contribution is 7.98. The predicted molar refractivity (Wildman–Crippen MR) is 323 cm³/mol. The average Bonchev–Trinajstić information content (AvgIpc) is 3.96. The van der Waals surface area contributed by atoms with Crippen LogP contribution in [0.25, 0.3) is 0 Å². The number of aromatic nitrogens is 2. The number of carbonyl (C=O) groups is 8. The van der Waals surface area contributed by atoms with Crippen LogP contribution in [0, 0.1) is 17.2 Å². The lowest BCUT2D eigenvalue weighted by atomic mass is 10.0. The molecule has 32 N–H and O–H groups in total. The number of nitrogens with zero attached hydrogens (tertiary/aromatic N) is 1. The van der Waals surface area contributed by atoms with E-state index >= 15 is 0 Å². The third-order valence-corrected chi connectivity index (χ3v) is 11.4. The Balaban J connectivity index is -0.000000288. The molecule has 0 aliphatic rings. The molecule has 3 aromatic rings. The van der Waals surface area contributed by atoms with E-state index in [1.54, 1.807) is 30.1 Å². The standard InChI is InChI=1S/C9H11NO3.C9H11NO2.C6H14N4O2.C6H9N3O2.C6H14N2O2.2C6H13NO2.C5H11NO2S/c10-8(9(12)13)5-6-1-3-7(11)4-2-6;10-8(9(11)12)6-7-4-2-1-3-5-7;7-4(5(11)12)2-1-3-10-6(8)9;7-5(6(10)11)1-4-2-8-3-9-4;7-4-2-1-3-5(8)6(9)10;1-4(2)3-5(7)6(8)9;1-3-4(2)5(7)6(8)9;1-9-3-2-4(6)5(7)8/h1-4,8,11H,5,10H2,(H,12,13);1-5,8H,6,10H2,(H,11,12);4H,1-3,7H2,(H,11,12)(H4,8,9,10);2-3,5H,1,7H2,(H,8,9)(H,10,11);5H,1-4,7-8H2,(H,9,10);2*4-5H,3,7H2,1-2H3,(H,8,9);4H,2-3,6H2,1H3,(H,7,8). The van der Waals surface area contributed by atoms with Gasteiger partial charge in [0.15, 0.2) is 5.96 Å². The first-order chi connectivity index (χ1) is 39.5. The molecule has 3 rings (SSSR count). The number of unbranched alkanes of at least 4 members (excludes halogenated alkanes) is 1. The Kier molecular flexibility index (Phi) is 54.0. The van der Waals surface area contributed by atoms with Crippen LogP contribution in [0.3, 0.4) is 0 Å². The van der Waals surface area contributed by atoms with Gasteiger partial charge in [-0.05, 0) is 105 Å². The van der Waals surface area contributed by atoms with E-state index in [9.17, 15) is 38.4 Å². The SMILES string of the molecule is CC(C)CC(N)C(=O)O.CCC(C)C(N)C(=O)O.CSCCC(N)C(=O)O.N=C(N)NCCCC(N)C(=O)O.NC(Cc1c[nH]cn1)C(=O)O.NC(Cc1ccc(O)cc1)C(=O)O.NC(Cc1ccccc1)C(=O)O.NCCCCC(N)C(=O)O. The van der Waals surface area contributed by atoms with Crippen molar-refractivity contribution in [1.82, 2.24) is 15.3 Å². The lowest BCUT2D eigenvalue weighted by Crippen LogP contribution is -2.36. The first-order valence-corrected chi connectivity index (χ1v) is 27.9. The second-order valence-electron chi connectivity index (χ2n) is 18.9. The van der Waals surface area contributed by atoms with Gasteiger partial charge in [0.1, 0.15) is 54.1 Å². The molecule has 0 radical (unpaired) electrons. The number of imidazole rings is 1. The molecule has 31 nitrogen and oxygen atoms in total. The van der Waals surface area contributed by atoms with Crippen LogP contribution < -0.4 is 62.7 Å². The Hall–Kier alpha value is -7.53. The van der Waals surface area contributed by atoms with Crippen molar-refractivity contribution in [2.24, 2.45) is 69.2 Å². The summed E-state index contributed by atoms with van der Waals surface area (Å²) >= 11 is 1.60. The molecule has 1 aromatic heterocycles. The van der Waals surface area contributed by atoms with Crippen LogP contribution in [0.15, 0.2) is 67.1 Å². The molecular formula is C53H96N14O17S. The first-order valence-electron chi connectivity index (χ1n) is 26.5. The minimum Gasteiger partial charge on any atom is -0.508 e. The molecule has 0 aliphatic carbocycles. The molecule has 486 valence electrons. The number of aromatic hydroxyl groups is 1. The molecular weight excluding hydrogens is 1140 g/mol. The highest BCUT2D eigenvalue weighted by atomic mass is 32.2. The molecule has 0 saturated carbocycles. The number of aliphatic carboxylic acids is 8. The lowest BCUT2D eigenvalue weighted by molar-refractivity contribution is -0.140. The average molecular weight is 1230 g/mol. The molecule has 0 saturated heterocycles. The zero-order chi connectivity index (χ0) is 66.8. The number of carboxylic acids is 8. The summed E-state index contributed by atoms with van der Waals surface area (Å²) < 4.78 is 0. The van der Waals surface area contributed by atoms with E-state index in [0.29, 0.717) is 63.2 Å². The van der Waals surface area contributed by atoms with E-state index in [2.05, 4.69) is 15.3 Å². The van der Waals surface area contributed by atoms with E-state index in [4.69, 9.17) is 109 Å². The van der Waals surface area contributed by atoms with Gasteiger partial charge in [0.05, 0.1) is 12.0 Å². The van der Waals surface area contributed by atoms with Gasteiger partial charge in [0, 0.05) is 19.2 Å². The zero-order valence-electron chi connectivity index (χ0n) is 48.9. The number of H-pyrrole nitrogens is 1. The Morgan fingerprint density at radius 1 is 0.576 bits per heavy atom. The smallest absolute Gasteiger partial charge is 0.320 e. The van der Waals surface area contributed by atoms with Gasteiger partial charge in [-0.3, -0.25) is 43.8 Å². The van der Waals surface area contributed by atoms with Crippen LogP contribution >= 0.6 is 11.8 Å². The molecule has 32 heteroatoms. The third-order valence-electron chi connectivity index (χ3n) is 10.8. The molecule has 2 aromatic carbocycles. The maximum atomic E-state index is 10.4. The van der Waals surface area contributed by atoms with Crippen LogP contribution in [0.2, 0.25) is 0 Å². The molecule has 9 atom stereocenters. The molecule has 1 heterocycles. The Bertz CT molecular complexity index is 2280. The highest BCUT2D eigenvalue weighted by Gasteiger charge is 2.18. The number of nitrogens with one attached hydrogen (secondary N) is 3. The van der Waals surface area contributed by atoms with Crippen molar-refractivity contribution in [2.75, 3.05) is 25.1 Å². The minimum atomic E-state index is -1.02. The van der Waals surface area contributed by atoms with Crippen molar-refractivity contribution >= 4 is 65.5 Å². The number of thioether (sulfide) groups is 1. The number of nitrogens with two attached hydrogens (primary N) is 10. The first kappa shape index (κ1) is 86.3. The van der Waals surface area contributed by atoms with Crippen LogP contribution in [0.4, 0.5) is 0 Å². The van der Waals surface area contributed by atoms with E-state index in [1.165, 1.54) is 18.5 Å². The van der Waals surface area contributed by atoms with Crippen molar-refractivity contribution in [3.63, 3.8) is 0 Å². The quantitative estimate of drug-likeness (QED) is 0.0238. The van der Waals surface area contributed by atoms with Crippen molar-refractivity contribution in [3.8, 4) is 5.75 Å². The number of guanidine groups is 1. The summed E-state index contributed by atoms with van der Waals surface area (Å²) in [6, 6.07) is 9.50. The van der Waals surface area contributed by atoms with Gasteiger partial charge in [-0.25, -0.2) is 4.98 Å². The molecule has 0 aliphatic heterocycles. The van der Waals surface area contributed by atoms with E-state index in [0.717, 1.165) is 36.1 Å². The molecule has 0 fully saturated rings. The van der Waals surface area contributed by atoms with Crippen LogP contribution in [0.1, 0.15) is 95.9 Å². The van der Waals surface area contributed by atoms with Gasteiger partial charge in [-0.15, -0.1) is 0 Å². The lowest BCUT2D eigenvalue weighted by Gasteiger charge is -2.11. The van der Waals surface area contributed by atoms with E-state index in [1.807, 2.05) is 64.3 Å². The number of hydrogen-bond donors (Lipinski definition) is 22. The van der Waals surface area contributed by atoms with E-state index in [-0.39, 0.29) is 30.5 Å². The third kappa shape index (κ3) is 55.4. The van der Waals surface area contributed by atoms with Crippen molar-refractivity contribution < 1.29 is 84.3 Å². The summed E-state index contributed by atoms with van der Waals surface area (Å²) in [5.41, 5.74) is 54.7. The number of phenolic OH excluding ortho intramolecular Hbond substituents is 1. The second kappa shape index (κ2) is 53.2. The Morgan fingerprint density at radius 2 is 0.988 bits per heavy atom. The number of benzene rings is 2. The maximum Gasteiger partial charge on any atom is 0.320 e. The number of aromatic amines is 1. The van der Waals surface area contributed by atoms with Crippen LogP contribution in [-0.2, 0) is 57.6 Å². The molecule has 9 unspecified atom stereocenters. The fourth-order valence-electron chi connectivity index (χ4n) is 5.42. The zero-order valence-corrected chi connectivity index (χ0v) is 49.8. The maximum absolute atomic E-state index is 10.4. The number of phenols is 1. The van der Waals surface area contributed by atoms with E-state index < -0.39 is 96.1 Å². The largest absolute Gasteiger partial charge is 0.508 e. The Labute approximate surface area is 499 Å². The monoisotopic (exact) mass is 1230 g/mol. The Morgan fingerprint density at radius 3 is 1.32 bits per heavy atom. The van der Waals surface area contributed by atoms with Crippen molar-refractivity contribution in [3.05, 3.63) is 83.9 Å².